The van der Waals surface area contributed by atoms with Gasteiger partial charge in [-0.15, -0.1) is 0 Å². The number of hydrogen-bond donors (Lipinski definition) is 1. The first-order valence-corrected chi connectivity index (χ1v) is 10.4. The maximum atomic E-state index is 13.8. The van der Waals surface area contributed by atoms with E-state index in [1.54, 1.807) is 55.5 Å². The molecule has 9 heteroatoms. The summed E-state index contributed by atoms with van der Waals surface area (Å²) in [5, 5.41) is 9.62. The molecule has 0 aliphatic rings. The van der Waals surface area contributed by atoms with E-state index in [1.165, 1.54) is 16.3 Å². The summed E-state index contributed by atoms with van der Waals surface area (Å²) in [4.78, 5) is 22.0. The molecule has 1 N–H and O–H groups in total. The third-order valence-electron chi connectivity index (χ3n) is 4.83. The molecule has 0 spiro atoms. The maximum absolute atomic E-state index is 13.8. The quantitative estimate of drug-likeness (QED) is 0.348. The lowest BCUT2D eigenvalue weighted by atomic mass is 10.2. The zero-order valence-corrected chi connectivity index (χ0v) is 17.0. The molecule has 2 aromatic heterocycles. The number of alkyl halides is 2. The summed E-state index contributed by atoms with van der Waals surface area (Å²) in [6.07, 6.45) is 0.386. The Hall–Kier alpha value is -2.78. The summed E-state index contributed by atoms with van der Waals surface area (Å²) in [6, 6.07) is 13.8. The summed E-state index contributed by atoms with van der Waals surface area (Å²) >= 11 is 1.20. The van der Waals surface area contributed by atoms with Crippen LogP contribution in [0.25, 0.3) is 21.9 Å². The van der Waals surface area contributed by atoms with Crippen LogP contribution >= 0.6 is 11.8 Å². The molecule has 0 aliphatic carbocycles. The Kier molecular flexibility index (Phi) is 5.83. The summed E-state index contributed by atoms with van der Waals surface area (Å²) in [7, 11) is 0. The molecular weight excluding hydrogens is 410 g/mol. The van der Waals surface area contributed by atoms with Gasteiger partial charge in [-0.1, -0.05) is 36.0 Å². The van der Waals surface area contributed by atoms with E-state index in [0.717, 1.165) is 4.57 Å². The highest BCUT2D eigenvalue weighted by molar-refractivity contribution is 7.99. The van der Waals surface area contributed by atoms with Crippen molar-refractivity contribution in [2.75, 3.05) is 6.61 Å². The number of rotatable bonds is 7. The van der Waals surface area contributed by atoms with E-state index in [1.807, 2.05) is 0 Å². The molecule has 0 saturated carbocycles. The molecule has 6 nitrogen and oxygen atoms in total. The van der Waals surface area contributed by atoms with Crippen LogP contribution in [0.4, 0.5) is 8.78 Å². The fraction of sp³-hybridized carbons (Fsp3) is 0.286. The Balaban J connectivity index is 1.80. The van der Waals surface area contributed by atoms with Gasteiger partial charge >= 0.3 is 6.55 Å². The predicted octanol–water partition coefficient (Wildman–Crippen LogP) is 4.38. The van der Waals surface area contributed by atoms with Crippen molar-refractivity contribution in [3.05, 3.63) is 64.7 Å². The number of halogens is 2. The van der Waals surface area contributed by atoms with E-state index >= 15 is 0 Å². The minimum absolute atomic E-state index is 0.0693. The average molecular weight is 430 g/mol. The molecule has 0 radical (unpaired) electrons. The monoisotopic (exact) mass is 430 g/mol. The lowest BCUT2D eigenvalue weighted by molar-refractivity contribution is 0.0715. The number of aliphatic hydroxyl groups excluding tert-OH is 1. The molecule has 2 heterocycles. The average Bonchev–Trinajstić information content (AvgIpc) is 3.14. The first-order valence-electron chi connectivity index (χ1n) is 9.53. The van der Waals surface area contributed by atoms with E-state index in [2.05, 4.69) is 9.97 Å². The summed E-state index contributed by atoms with van der Waals surface area (Å²) < 4.78 is 30.1. The third kappa shape index (κ3) is 3.70. The fourth-order valence-electron chi connectivity index (χ4n) is 3.43. The minimum atomic E-state index is -2.74. The van der Waals surface area contributed by atoms with E-state index in [9.17, 15) is 18.7 Å². The lowest BCUT2D eigenvalue weighted by Crippen LogP contribution is -2.24. The Labute approximate surface area is 175 Å². The summed E-state index contributed by atoms with van der Waals surface area (Å²) in [5.41, 5.74) is 1.18. The second-order valence-corrected chi connectivity index (χ2v) is 8.12. The molecule has 0 aliphatic heterocycles. The van der Waals surface area contributed by atoms with Crippen LogP contribution in [0.2, 0.25) is 0 Å². The van der Waals surface area contributed by atoms with Crippen molar-refractivity contribution in [1.82, 2.24) is 19.1 Å². The third-order valence-corrected chi connectivity index (χ3v) is 5.92. The SMILES string of the molecule is C[C@@H](Sc1nc2ccccc2c(=O)n1CCCO)c1nc2ccccc2n1C(F)F. The number of nitrogens with zero attached hydrogens (tertiary/aromatic N) is 4. The molecule has 30 heavy (non-hydrogen) atoms. The van der Waals surface area contributed by atoms with Crippen molar-refractivity contribution in [3.63, 3.8) is 0 Å². The zero-order chi connectivity index (χ0) is 21.3. The second-order valence-electron chi connectivity index (χ2n) is 6.81. The van der Waals surface area contributed by atoms with Gasteiger partial charge in [-0.05, 0) is 37.6 Å². The van der Waals surface area contributed by atoms with Crippen molar-refractivity contribution in [2.45, 2.75) is 36.8 Å². The molecule has 4 rings (SSSR count). The molecule has 156 valence electrons. The number of fused-ring (bicyclic) bond motifs is 2. The van der Waals surface area contributed by atoms with Gasteiger partial charge < -0.3 is 5.11 Å². The van der Waals surface area contributed by atoms with Gasteiger partial charge in [0.15, 0.2) is 5.16 Å². The van der Waals surface area contributed by atoms with Crippen molar-refractivity contribution in [2.24, 2.45) is 0 Å². The standard InChI is InChI=1S/C21H20F2N4O2S/c1-13(18-24-16-9-4-5-10-17(16)27(18)20(22)23)30-21-25-15-8-3-2-7-14(15)19(29)26(21)11-6-12-28/h2-5,7-10,13,20,28H,6,11-12H2,1H3/t13-/m1/s1. The number of imidazole rings is 1. The molecule has 2 aromatic carbocycles. The first-order chi connectivity index (χ1) is 14.5. The number of hydrogen-bond acceptors (Lipinski definition) is 5. The van der Waals surface area contributed by atoms with Crippen molar-refractivity contribution in [1.29, 1.82) is 0 Å². The van der Waals surface area contributed by atoms with Gasteiger partial charge in [0, 0.05) is 13.2 Å². The number of benzene rings is 2. The summed E-state index contributed by atoms with van der Waals surface area (Å²) in [5.74, 6) is 0.215. The summed E-state index contributed by atoms with van der Waals surface area (Å²) in [6.45, 7) is -0.757. The minimum Gasteiger partial charge on any atom is -0.396 e. The second kappa shape index (κ2) is 8.53. The van der Waals surface area contributed by atoms with Gasteiger partial charge in [0.25, 0.3) is 5.56 Å². The molecule has 0 saturated heterocycles. The Bertz CT molecular complexity index is 1250. The molecule has 0 amide bonds. The Morgan fingerprint density at radius 3 is 2.50 bits per heavy atom. The molecule has 0 unspecified atom stereocenters. The number of para-hydroxylation sites is 3. The van der Waals surface area contributed by atoms with Gasteiger partial charge in [-0.3, -0.25) is 13.9 Å². The van der Waals surface area contributed by atoms with Crippen molar-refractivity contribution < 1.29 is 13.9 Å². The van der Waals surface area contributed by atoms with Gasteiger partial charge in [-0.2, -0.15) is 8.78 Å². The largest absolute Gasteiger partial charge is 0.396 e. The van der Waals surface area contributed by atoms with Crippen LogP contribution in [0.5, 0.6) is 0 Å². The lowest BCUT2D eigenvalue weighted by Gasteiger charge is -2.17. The van der Waals surface area contributed by atoms with Crippen LogP contribution in [-0.4, -0.2) is 30.8 Å². The number of aliphatic hydroxyl groups is 1. The Morgan fingerprint density at radius 2 is 1.77 bits per heavy atom. The van der Waals surface area contributed by atoms with Crippen LogP contribution < -0.4 is 5.56 Å². The number of aromatic nitrogens is 4. The van der Waals surface area contributed by atoms with E-state index in [-0.39, 0.29) is 24.5 Å². The molecule has 0 fully saturated rings. The van der Waals surface area contributed by atoms with Crippen LogP contribution in [0.3, 0.4) is 0 Å². The highest BCUT2D eigenvalue weighted by Gasteiger charge is 2.24. The van der Waals surface area contributed by atoms with Crippen LogP contribution in [0.15, 0.2) is 58.5 Å². The Morgan fingerprint density at radius 1 is 1.07 bits per heavy atom. The molecular formula is C21H20F2N4O2S. The maximum Gasteiger partial charge on any atom is 0.320 e. The molecule has 1 atom stereocenters. The van der Waals surface area contributed by atoms with Crippen LogP contribution in [0, 0.1) is 0 Å². The van der Waals surface area contributed by atoms with Crippen LogP contribution in [-0.2, 0) is 6.54 Å². The highest BCUT2D eigenvalue weighted by Crippen LogP contribution is 2.37. The topological polar surface area (TPSA) is 72.9 Å². The van der Waals surface area contributed by atoms with E-state index in [0.29, 0.717) is 33.5 Å². The first kappa shape index (κ1) is 20.5. The van der Waals surface area contributed by atoms with Gasteiger partial charge in [0.1, 0.15) is 5.82 Å². The van der Waals surface area contributed by atoms with Gasteiger partial charge in [0.05, 0.1) is 27.2 Å². The van der Waals surface area contributed by atoms with E-state index in [4.69, 9.17) is 0 Å². The van der Waals surface area contributed by atoms with Crippen molar-refractivity contribution in [3.8, 4) is 0 Å². The zero-order valence-electron chi connectivity index (χ0n) is 16.2. The van der Waals surface area contributed by atoms with Gasteiger partial charge in [-0.25, -0.2) is 9.97 Å². The van der Waals surface area contributed by atoms with Gasteiger partial charge in [0.2, 0.25) is 0 Å². The normalized spacial score (nSPS) is 12.8. The highest BCUT2D eigenvalue weighted by atomic mass is 32.2. The predicted molar refractivity (Wildman–Crippen MR) is 113 cm³/mol. The molecule has 4 aromatic rings. The van der Waals surface area contributed by atoms with Crippen molar-refractivity contribution >= 4 is 33.7 Å². The fourth-order valence-corrected chi connectivity index (χ4v) is 4.47. The van der Waals surface area contributed by atoms with Crippen LogP contribution in [0.1, 0.15) is 31.0 Å². The van der Waals surface area contributed by atoms with E-state index < -0.39 is 11.8 Å². The number of thioether (sulfide) groups is 1. The molecule has 0 bridgehead atoms. The smallest absolute Gasteiger partial charge is 0.320 e.